The van der Waals surface area contributed by atoms with E-state index in [-0.39, 0.29) is 0 Å². The summed E-state index contributed by atoms with van der Waals surface area (Å²) in [4.78, 5) is 0. The van der Waals surface area contributed by atoms with Gasteiger partial charge in [-0.15, -0.1) is 0 Å². The van der Waals surface area contributed by atoms with Gasteiger partial charge in [0.2, 0.25) is 8.32 Å². The summed E-state index contributed by atoms with van der Waals surface area (Å²) in [7, 11) is -1.87. The van der Waals surface area contributed by atoms with Crippen molar-refractivity contribution in [1.29, 1.82) is 0 Å². The molecule has 0 bridgehead atoms. The lowest BCUT2D eigenvalue weighted by Gasteiger charge is -2.47. The average Bonchev–Trinajstić information content (AvgIpc) is 2.62. The first-order chi connectivity index (χ1) is 10.9. The summed E-state index contributed by atoms with van der Waals surface area (Å²) in [6.45, 7) is 3.12. The second-order valence-electron chi connectivity index (χ2n) is 7.26. The Morgan fingerprint density at radius 2 is 1.32 bits per heavy atom. The van der Waals surface area contributed by atoms with E-state index in [1.54, 1.807) is 5.19 Å². The summed E-state index contributed by atoms with van der Waals surface area (Å²) in [5.74, 6) is 0. The van der Waals surface area contributed by atoms with E-state index in [0.717, 1.165) is 17.7 Å². The van der Waals surface area contributed by atoms with Crippen molar-refractivity contribution in [2.24, 2.45) is 0 Å². The predicted octanol–water partition coefficient (Wildman–Crippen LogP) is 5.54. The number of rotatable bonds is 5. The SMILES string of the molecule is CCO[Si](c1ccccc1)(C1CCCCC1)C1CCCCC1. The molecule has 0 radical (unpaired) electrons. The second-order valence-corrected chi connectivity index (χ2v) is 11.3. The molecule has 0 saturated heterocycles. The van der Waals surface area contributed by atoms with Crippen molar-refractivity contribution in [3.8, 4) is 0 Å². The second kappa shape index (κ2) is 7.78. The van der Waals surface area contributed by atoms with Crippen LogP contribution in [0.1, 0.15) is 71.1 Å². The first-order valence-corrected chi connectivity index (χ1v) is 11.6. The normalized spacial score (nSPS) is 21.9. The average molecular weight is 317 g/mol. The Morgan fingerprint density at radius 3 is 1.77 bits per heavy atom. The molecule has 0 N–H and O–H groups in total. The van der Waals surface area contributed by atoms with Gasteiger partial charge in [-0.2, -0.15) is 0 Å². The van der Waals surface area contributed by atoms with E-state index < -0.39 is 8.32 Å². The van der Waals surface area contributed by atoms with Gasteiger partial charge in [0.25, 0.3) is 0 Å². The molecule has 0 aromatic heterocycles. The van der Waals surface area contributed by atoms with Gasteiger partial charge in [-0.1, -0.05) is 94.5 Å². The Morgan fingerprint density at radius 1 is 0.818 bits per heavy atom. The standard InChI is InChI=1S/C20H32OSi/c1-2-21-22(18-12-6-3-7-13-18,19-14-8-4-9-15-19)20-16-10-5-11-17-20/h3,6-7,12-13,19-20H,2,4-5,8-11,14-17H2,1H3. The van der Waals surface area contributed by atoms with Gasteiger partial charge in [0.15, 0.2) is 0 Å². The zero-order chi connectivity index (χ0) is 15.3. The van der Waals surface area contributed by atoms with Gasteiger partial charge in [0.1, 0.15) is 0 Å². The Balaban J connectivity index is 2.00. The third kappa shape index (κ3) is 3.19. The van der Waals surface area contributed by atoms with E-state index >= 15 is 0 Å². The lowest BCUT2D eigenvalue weighted by molar-refractivity contribution is 0.283. The van der Waals surface area contributed by atoms with Crippen LogP contribution in [-0.2, 0) is 4.43 Å². The van der Waals surface area contributed by atoms with Crippen molar-refractivity contribution >= 4 is 13.5 Å². The smallest absolute Gasteiger partial charge is 0.230 e. The minimum Gasteiger partial charge on any atom is -0.412 e. The van der Waals surface area contributed by atoms with Gasteiger partial charge in [0.05, 0.1) is 0 Å². The Labute approximate surface area is 137 Å². The molecular weight excluding hydrogens is 284 g/mol. The lowest BCUT2D eigenvalue weighted by Crippen LogP contribution is -2.59. The maximum Gasteiger partial charge on any atom is 0.230 e. The van der Waals surface area contributed by atoms with Crippen LogP contribution in [0.4, 0.5) is 0 Å². The fraction of sp³-hybridized carbons (Fsp3) is 0.700. The zero-order valence-electron chi connectivity index (χ0n) is 14.2. The monoisotopic (exact) mass is 316 g/mol. The summed E-state index contributed by atoms with van der Waals surface area (Å²) in [5.41, 5.74) is 1.71. The van der Waals surface area contributed by atoms with Crippen molar-refractivity contribution < 1.29 is 4.43 Å². The topological polar surface area (TPSA) is 9.23 Å². The summed E-state index contributed by atoms with van der Waals surface area (Å²) in [5, 5.41) is 1.59. The minimum atomic E-state index is -1.87. The van der Waals surface area contributed by atoms with Crippen LogP contribution in [0.3, 0.4) is 0 Å². The summed E-state index contributed by atoms with van der Waals surface area (Å²) in [6.07, 6.45) is 14.2. The molecule has 1 nitrogen and oxygen atoms in total. The minimum absolute atomic E-state index is 0.853. The highest BCUT2D eigenvalue weighted by Crippen LogP contribution is 2.48. The predicted molar refractivity (Wildman–Crippen MR) is 97.1 cm³/mol. The number of hydrogen-bond donors (Lipinski definition) is 0. The number of benzene rings is 1. The molecule has 2 heteroatoms. The van der Waals surface area contributed by atoms with Crippen molar-refractivity contribution in [2.75, 3.05) is 6.61 Å². The van der Waals surface area contributed by atoms with Gasteiger partial charge in [-0.3, -0.25) is 0 Å². The number of hydrogen-bond acceptors (Lipinski definition) is 1. The quantitative estimate of drug-likeness (QED) is 0.648. The van der Waals surface area contributed by atoms with E-state index in [1.807, 2.05) is 0 Å². The van der Waals surface area contributed by atoms with Gasteiger partial charge in [-0.05, 0) is 23.2 Å². The van der Waals surface area contributed by atoms with Crippen LogP contribution in [0.2, 0.25) is 11.1 Å². The van der Waals surface area contributed by atoms with Crippen molar-refractivity contribution in [3.05, 3.63) is 30.3 Å². The van der Waals surface area contributed by atoms with Gasteiger partial charge in [0, 0.05) is 6.61 Å². The molecule has 0 spiro atoms. The van der Waals surface area contributed by atoms with E-state index in [4.69, 9.17) is 4.43 Å². The van der Waals surface area contributed by atoms with Gasteiger partial charge < -0.3 is 4.43 Å². The van der Waals surface area contributed by atoms with Crippen molar-refractivity contribution in [1.82, 2.24) is 0 Å². The van der Waals surface area contributed by atoms with Crippen molar-refractivity contribution in [2.45, 2.75) is 82.2 Å². The van der Waals surface area contributed by atoms with E-state index in [1.165, 1.54) is 64.2 Å². The highest BCUT2D eigenvalue weighted by molar-refractivity contribution is 6.89. The zero-order valence-corrected chi connectivity index (χ0v) is 15.2. The van der Waals surface area contributed by atoms with Crippen LogP contribution in [0.5, 0.6) is 0 Å². The van der Waals surface area contributed by atoms with E-state index in [2.05, 4.69) is 37.3 Å². The maximum absolute atomic E-state index is 6.83. The molecule has 2 fully saturated rings. The van der Waals surface area contributed by atoms with Crippen LogP contribution >= 0.6 is 0 Å². The molecule has 3 rings (SSSR count). The molecule has 2 aliphatic rings. The van der Waals surface area contributed by atoms with Crippen LogP contribution in [-0.4, -0.2) is 14.9 Å². The molecule has 1 aromatic carbocycles. The Bertz CT molecular complexity index is 414. The molecule has 1 aromatic rings. The molecule has 0 aliphatic heterocycles. The highest BCUT2D eigenvalue weighted by atomic mass is 28.4. The maximum atomic E-state index is 6.83. The molecule has 0 amide bonds. The Kier molecular flexibility index (Phi) is 5.75. The molecule has 0 atom stereocenters. The third-order valence-electron chi connectivity index (χ3n) is 6.03. The van der Waals surface area contributed by atoms with E-state index in [0.29, 0.717) is 0 Å². The summed E-state index contributed by atoms with van der Waals surface area (Å²) >= 11 is 0. The fourth-order valence-electron chi connectivity index (χ4n) is 5.12. The molecule has 2 aliphatic carbocycles. The third-order valence-corrected chi connectivity index (χ3v) is 11.6. The lowest BCUT2D eigenvalue weighted by atomic mass is 9.99. The molecule has 2 saturated carbocycles. The summed E-state index contributed by atoms with van der Waals surface area (Å²) < 4.78 is 6.83. The first-order valence-electron chi connectivity index (χ1n) is 9.57. The molecule has 0 heterocycles. The summed E-state index contributed by atoms with van der Waals surface area (Å²) in [6, 6.07) is 11.4. The van der Waals surface area contributed by atoms with Crippen molar-refractivity contribution in [3.63, 3.8) is 0 Å². The van der Waals surface area contributed by atoms with Gasteiger partial charge in [-0.25, -0.2) is 0 Å². The molecule has 22 heavy (non-hydrogen) atoms. The van der Waals surface area contributed by atoms with Crippen LogP contribution < -0.4 is 5.19 Å². The largest absolute Gasteiger partial charge is 0.412 e. The Hall–Kier alpha value is -0.603. The first kappa shape index (κ1) is 16.3. The highest BCUT2D eigenvalue weighted by Gasteiger charge is 2.50. The van der Waals surface area contributed by atoms with E-state index in [9.17, 15) is 0 Å². The van der Waals surface area contributed by atoms with Crippen LogP contribution in [0.15, 0.2) is 30.3 Å². The molecule has 0 unspecified atom stereocenters. The molecular formula is C20H32OSi. The van der Waals surface area contributed by atoms with Crippen LogP contribution in [0, 0.1) is 0 Å². The van der Waals surface area contributed by atoms with Crippen LogP contribution in [0.25, 0.3) is 0 Å². The molecule has 122 valence electrons. The van der Waals surface area contributed by atoms with Gasteiger partial charge >= 0.3 is 0 Å². The fourth-order valence-corrected chi connectivity index (χ4v) is 11.1.